The average molecular weight is 285 g/mol. The number of carboxylic acids is 1. The lowest BCUT2D eigenvalue weighted by Gasteiger charge is -2.01. The smallest absolute Gasteiger partial charge is 0.335 e. The number of hydrogen-bond donors (Lipinski definition) is 2. The van der Waals surface area contributed by atoms with Gasteiger partial charge in [0.05, 0.1) is 28.0 Å². The number of carbonyl (C=O) groups is 1. The molecule has 2 aromatic rings. The number of anilines is 1. The van der Waals surface area contributed by atoms with Gasteiger partial charge >= 0.3 is 5.97 Å². The van der Waals surface area contributed by atoms with Crippen LogP contribution in [0.2, 0.25) is 0 Å². The van der Waals surface area contributed by atoms with Gasteiger partial charge in [-0.25, -0.2) is 4.79 Å². The molecule has 7 nitrogen and oxygen atoms in total. The van der Waals surface area contributed by atoms with E-state index in [1.807, 2.05) is 0 Å². The van der Waals surface area contributed by atoms with Crippen LogP contribution in [-0.2, 0) is 0 Å². The number of nitrogens with zero attached hydrogens (tertiary/aromatic N) is 2. The van der Waals surface area contributed by atoms with Crippen LogP contribution in [0.5, 0.6) is 0 Å². The Bertz CT molecular complexity index is 713. The van der Waals surface area contributed by atoms with E-state index in [0.717, 1.165) is 0 Å². The summed E-state index contributed by atoms with van der Waals surface area (Å²) >= 11 is 0. The molecule has 0 aliphatic rings. The molecule has 2 N–H and O–H groups in total. The third-order valence-corrected chi connectivity index (χ3v) is 2.64. The molecule has 106 valence electrons. The third-order valence-electron chi connectivity index (χ3n) is 2.64. The normalized spacial score (nSPS) is 10.5. The van der Waals surface area contributed by atoms with Crippen LogP contribution in [0.4, 0.5) is 11.4 Å². The van der Waals surface area contributed by atoms with Crippen LogP contribution in [0.3, 0.4) is 0 Å². The molecule has 0 unspecified atom stereocenters. The predicted molar refractivity (Wildman–Crippen MR) is 77.7 cm³/mol. The summed E-state index contributed by atoms with van der Waals surface area (Å²) in [6.07, 6.45) is 1.31. The molecule has 7 heteroatoms. The molecule has 0 fully saturated rings. The fourth-order valence-electron chi connectivity index (χ4n) is 1.66. The van der Waals surface area contributed by atoms with Gasteiger partial charge in [0.1, 0.15) is 0 Å². The first-order valence-electron chi connectivity index (χ1n) is 5.94. The van der Waals surface area contributed by atoms with Gasteiger partial charge in [0.25, 0.3) is 5.69 Å². The second-order valence-electron chi connectivity index (χ2n) is 4.07. The van der Waals surface area contributed by atoms with Crippen molar-refractivity contribution in [1.82, 2.24) is 0 Å². The van der Waals surface area contributed by atoms with Crippen LogP contribution in [0.25, 0.3) is 0 Å². The predicted octanol–water partition coefficient (Wildman–Crippen LogP) is 2.74. The van der Waals surface area contributed by atoms with E-state index in [9.17, 15) is 14.9 Å². The Hall–Kier alpha value is -3.22. The van der Waals surface area contributed by atoms with Crippen LogP contribution in [0.1, 0.15) is 15.9 Å². The first-order chi connectivity index (χ1) is 10.1. The molecule has 0 bridgehead atoms. The highest BCUT2D eigenvalue weighted by Crippen LogP contribution is 2.16. The molecule has 0 aliphatic carbocycles. The molecule has 0 saturated carbocycles. The quantitative estimate of drug-likeness (QED) is 0.499. The van der Waals surface area contributed by atoms with Crippen LogP contribution >= 0.6 is 0 Å². The fraction of sp³-hybridized carbons (Fsp3) is 0. The number of nitro benzene ring substituents is 1. The monoisotopic (exact) mass is 285 g/mol. The number of hydrogen-bond acceptors (Lipinski definition) is 5. The van der Waals surface area contributed by atoms with E-state index in [0.29, 0.717) is 11.3 Å². The average Bonchev–Trinajstić information content (AvgIpc) is 2.48. The Morgan fingerprint density at radius 3 is 2.71 bits per heavy atom. The molecule has 0 radical (unpaired) electrons. The fourth-order valence-corrected chi connectivity index (χ4v) is 1.66. The van der Waals surface area contributed by atoms with Crippen molar-refractivity contribution in [3.63, 3.8) is 0 Å². The summed E-state index contributed by atoms with van der Waals surface area (Å²) in [7, 11) is 0. The molecule has 0 heterocycles. The summed E-state index contributed by atoms with van der Waals surface area (Å²) in [5.41, 5.74) is 3.54. The molecule has 2 aromatic carbocycles. The van der Waals surface area contributed by atoms with E-state index in [2.05, 4.69) is 10.5 Å². The van der Waals surface area contributed by atoms with E-state index < -0.39 is 10.9 Å². The Balaban J connectivity index is 2.15. The number of carboxylic acid groups (broad SMARTS) is 1. The highest BCUT2D eigenvalue weighted by atomic mass is 16.6. The van der Waals surface area contributed by atoms with Gasteiger partial charge in [0, 0.05) is 6.07 Å². The van der Waals surface area contributed by atoms with Gasteiger partial charge in [-0.1, -0.05) is 18.2 Å². The van der Waals surface area contributed by atoms with Gasteiger partial charge in [-0.05, 0) is 24.3 Å². The highest BCUT2D eigenvalue weighted by Gasteiger charge is 2.09. The molecular formula is C14H11N3O4. The lowest BCUT2D eigenvalue weighted by atomic mass is 10.2. The summed E-state index contributed by atoms with van der Waals surface area (Å²) in [6.45, 7) is 0. The molecule has 0 aliphatic heterocycles. The molecule has 0 spiro atoms. The molecule has 0 aromatic heterocycles. The van der Waals surface area contributed by atoms with E-state index in [-0.39, 0.29) is 11.3 Å². The Kier molecular flexibility index (Phi) is 4.25. The van der Waals surface area contributed by atoms with Crippen molar-refractivity contribution < 1.29 is 14.8 Å². The summed E-state index contributed by atoms with van der Waals surface area (Å²) in [4.78, 5) is 21.2. The van der Waals surface area contributed by atoms with Gasteiger partial charge in [-0.3, -0.25) is 15.5 Å². The zero-order valence-electron chi connectivity index (χ0n) is 10.8. The zero-order chi connectivity index (χ0) is 15.2. The number of rotatable bonds is 5. The molecular weight excluding hydrogens is 274 g/mol. The number of nitrogens with one attached hydrogen (secondary N) is 1. The van der Waals surface area contributed by atoms with Gasteiger partial charge in [-0.15, -0.1) is 0 Å². The first kappa shape index (κ1) is 14.2. The standard InChI is InChI=1S/C14H11N3O4/c18-14(19)10-5-3-6-12(8-10)16-15-9-11-4-1-2-7-13(11)17(20)21/h1-9,16H,(H,18,19). The summed E-state index contributed by atoms with van der Waals surface area (Å²) in [5.74, 6) is -1.04. The Labute approximate surface area is 119 Å². The van der Waals surface area contributed by atoms with Crippen molar-refractivity contribution in [3.05, 3.63) is 69.8 Å². The van der Waals surface area contributed by atoms with E-state index in [1.54, 1.807) is 30.3 Å². The second-order valence-corrected chi connectivity index (χ2v) is 4.07. The zero-order valence-corrected chi connectivity index (χ0v) is 10.8. The van der Waals surface area contributed by atoms with E-state index in [1.165, 1.54) is 24.4 Å². The van der Waals surface area contributed by atoms with Gasteiger partial charge in [0.15, 0.2) is 0 Å². The van der Waals surface area contributed by atoms with Crippen LogP contribution < -0.4 is 5.43 Å². The van der Waals surface area contributed by atoms with Crippen LogP contribution in [0.15, 0.2) is 53.6 Å². The lowest BCUT2D eigenvalue weighted by Crippen LogP contribution is -1.98. The second kappa shape index (κ2) is 6.29. The number of para-hydroxylation sites is 1. The van der Waals surface area contributed by atoms with Gasteiger partial charge in [-0.2, -0.15) is 5.10 Å². The van der Waals surface area contributed by atoms with Gasteiger partial charge < -0.3 is 5.11 Å². The summed E-state index contributed by atoms with van der Waals surface area (Å²) in [6, 6.07) is 12.3. The summed E-state index contributed by atoms with van der Waals surface area (Å²) in [5, 5.41) is 23.6. The summed E-state index contributed by atoms with van der Waals surface area (Å²) < 4.78 is 0. The Morgan fingerprint density at radius 2 is 2.00 bits per heavy atom. The van der Waals surface area contributed by atoms with Crippen molar-refractivity contribution in [2.24, 2.45) is 5.10 Å². The highest BCUT2D eigenvalue weighted by molar-refractivity contribution is 5.89. The van der Waals surface area contributed by atoms with Crippen molar-refractivity contribution in [3.8, 4) is 0 Å². The molecule has 2 rings (SSSR count). The van der Waals surface area contributed by atoms with E-state index in [4.69, 9.17) is 5.11 Å². The van der Waals surface area contributed by atoms with Crippen molar-refractivity contribution in [1.29, 1.82) is 0 Å². The largest absolute Gasteiger partial charge is 0.478 e. The van der Waals surface area contributed by atoms with Gasteiger partial charge in [0.2, 0.25) is 0 Å². The van der Waals surface area contributed by atoms with Crippen LogP contribution in [-0.4, -0.2) is 22.2 Å². The maximum atomic E-state index is 10.8. The number of benzene rings is 2. The van der Waals surface area contributed by atoms with E-state index >= 15 is 0 Å². The van der Waals surface area contributed by atoms with Crippen molar-refractivity contribution >= 4 is 23.6 Å². The molecule has 0 saturated heterocycles. The third kappa shape index (κ3) is 3.63. The Morgan fingerprint density at radius 1 is 1.24 bits per heavy atom. The minimum Gasteiger partial charge on any atom is -0.478 e. The molecule has 21 heavy (non-hydrogen) atoms. The number of aromatic carboxylic acids is 1. The lowest BCUT2D eigenvalue weighted by molar-refractivity contribution is -0.385. The maximum Gasteiger partial charge on any atom is 0.335 e. The molecule has 0 amide bonds. The molecule has 0 atom stereocenters. The van der Waals surface area contributed by atoms with Crippen LogP contribution in [0, 0.1) is 10.1 Å². The number of nitro groups is 1. The minimum absolute atomic E-state index is 0.0534. The SMILES string of the molecule is O=C(O)c1cccc(NN=Cc2ccccc2[N+](=O)[O-])c1. The van der Waals surface area contributed by atoms with Crippen molar-refractivity contribution in [2.75, 3.05) is 5.43 Å². The first-order valence-corrected chi connectivity index (χ1v) is 5.94. The minimum atomic E-state index is -1.04. The number of hydrazone groups is 1. The van der Waals surface area contributed by atoms with Crippen molar-refractivity contribution in [2.45, 2.75) is 0 Å². The maximum absolute atomic E-state index is 10.8. The topological polar surface area (TPSA) is 105 Å².